The molecule has 1 unspecified atom stereocenters. The van der Waals surface area contributed by atoms with Crippen molar-refractivity contribution in [3.05, 3.63) is 59.8 Å². The number of rotatable bonds is 5. The van der Waals surface area contributed by atoms with Gasteiger partial charge in [0.15, 0.2) is 0 Å². The summed E-state index contributed by atoms with van der Waals surface area (Å²) in [4.78, 5) is 5.99. The Balaban J connectivity index is 1.85. The molecule has 1 aromatic heterocycles. The number of nitrogens with zero attached hydrogens (tertiary/aromatic N) is 1. The molecule has 1 atom stereocenters. The number of hydrogen-bond acceptors (Lipinski definition) is 3. The number of aromatic nitrogens is 1. The Morgan fingerprint density at radius 2 is 1.72 bits per heavy atom. The molecule has 0 bridgehead atoms. The van der Waals surface area contributed by atoms with Crippen molar-refractivity contribution in [2.24, 2.45) is 0 Å². The fraction of sp³-hybridized carbons (Fsp3) is 0.333. The van der Waals surface area contributed by atoms with Crippen LogP contribution in [0.2, 0.25) is 0 Å². The molecule has 3 aromatic rings. The Morgan fingerprint density at radius 3 is 2.48 bits per heavy atom. The highest BCUT2D eigenvalue weighted by Gasteiger charge is 2.27. The van der Waals surface area contributed by atoms with Crippen molar-refractivity contribution in [2.45, 2.75) is 18.9 Å². The predicted octanol–water partition coefficient (Wildman–Crippen LogP) is 4.37. The van der Waals surface area contributed by atoms with Gasteiger partial charge in [-0.2, -0.15) is 0 Å². The Hall–Kier alpha value is -2.46. The molecule has 130 valence electrons. The van der Waals surface area contributed by atoms with Crippen LogP contribution in [0.1, 0.15) is 30.0 Å². The summed E-state index contributed by atoms with van der Waals surface area (Å²) < 4.78 is 10.9. The van der Waals surface area contributed by atoms with Crippen LogP contribution in [-0.4, -0.2) is 37.2 Å². The van der Waals surface area contributed by atoms with Gasteiger partial charge in [0.1, 0.15) is 11.5 Å². The molecule has 4 rings (SSSR count). The van der Waals surface area contributed by atoms with Gasteiger partial charge in [0.2, 0.25) is 0 Å². The molecule has 1 aliphatic rings. The van der Waals surface area contributed by atoms with Crippen molar-refractivity contribution in [3.8, 4) is 11.5 Å². The van der Waals surface area contributed by atoms with Crippen LogP contribution in [0.3, 0.4) is 0 Å². The molecular weight excluding hydrogens is 312 g/mol. The predicted molar refractivity (Wildman–Crippen MR) is 100 cm³/mol. The zero-order valence-electron chi connectivity index (χ0n) is 14.8. The Labute approximate surface area is 148 Å². The van der Waals surface area contributed by atoms with Crippen molar-refractivity contribution in [2.75, 3.05) is 27.3 Å². The first-order valence-corrected chi connectivity index (χ1v) is 8.83. The van der Waals surface area contributed by atoms with Gasteiger partial charge in [-0.3, -0.25) is 4.90 Å². The van der Waals surface area contributed by atoms with Gasteiger partial charge < -0.3 is 14.5 Å². The number of H-pyrrole nitrogens is 1. The summed E-state index contributed by atoms with van der Waals surface area (Å²) in [7, 11) is 3.44. The molecular formula is C21H24N2O2. The van der Waals surface area contributed by atoms with Crippen LogP contribution >= 0.6 is 0 Å². The lowest BCUT2D eigenvalue weighted by Gasteiger charge is -2.28. The van der Waals surface area contributed by atoms with Crippen LogP contribution in [0.15, 0.2) is 48.7 Å². The average Bonchev–Trinajstić information content (AvgIpc) is 3.32. The normalized spacial score (nSPS) is 16.2. The summed E-state index contributed by atoms with van der Waals surface area (Å²) in [5.74, 6) is 1.79. The minimum Gasteiger partial charge on any atom is -0.497 e. The van der Waals surface area contributed by atoms with Crippen molar-refractivity contribution in [3.63, 3.8) is 0 Å². The summed E-state index contributed by atoms with van der Waals surface area (Å²) in [6.45, 7) is 2.25. The lowest BCUT2D eigenvalue weighted by atomic mass is 9.96. The van der Waals surface area contributed by atoms with Gasteiger partial charge in [-0.25, -0.2) is 0 Å². The SMILES string of the molecule is COc1cccc(C(c2c[nH]c3ccc(OC)cc23)N2CCCC2)c1. The number of likely N-dealkylation sites (tertiary alicyclic amines) is 1. The molecule has 4 heteroatoms. The smallest absolute Gasteiger partial charge is 0.119 e. The van der Waals surface area contributed by atoms with E-state index in [4.69, 9.17) is 9.47 Å². The molecule has 1 saturated heterocycles. The van der Waals surface area contributed by atoms with E-state index in [0.29, 0.717) is 0 Å². The Kier molecular flexibility index (Phi) is 4.36. The van der Waals surface area contributed by atoms with Gasteiger partial charge in [0.05, 0.1) is 20.3 Å². The van der Waals surface area contributed by atoms with Gasteiger partial charge in [-0.05, 0) is 67.4 Å². The van der Waals surface area contributed by atoms with E-state index in [1.54, 1.807) is 14.2 Å². The second-order valence-corrected chi connectivity index (χ2v) is 6.58. The second kappa shape index (κ2) is 6.81. The van der Waals surface area contributed by atoms with E-state index < -0.39 is 0 Å². The molecule has 1 aliphatic heterocycles. The summed E-state index contributed by atoms with van der Waals surface area (Å²) in [6.07, 6.45) is 4.66. The van der Waals surface area contributed by atoms with Crippen molar-refractivity contribution >= 4 is 10.9 Å². The zero-order chi connectivity index (χ0) is 17.2. The van der Waals surface area contributed by atoms with Crippen LogP contribution in [0.4, 0.5) is 0 Å². The van der Waals surface area contributed by atoms with Gasteiger partial charge in [-0.1, -0.05) is 12.1 Å². The third kappa shape index (κ3) is 2.98. The monoisotopic (exact) mass is 336 g/mol. The first-order valence-electron chi connectivity index (χ1n) is 8.83. The molecule has 1 fully saturated rings. The minimum atomic E-state index is 0.221. The van der Waals surface area contributed by atoms with Crippen LogP contribution in [0, 0.1) is 0 Å². The fourth-order valence-electron chi connectivity index (χ4n) is 3.87. The molecule has 4 nitrogen and oxygen atoms in total. The molecule has 0 saturated carbocycles. The van der Waals surface area contributed by atoms with E-state index >= 15 is 0 Å². The van der Waals surface area contributed by atoms with Gasteiger partial charge >= 0.3 is 0 Å². The fourth-order valence-corrected chi connectivity index (χ4v) is 3.87. The Morgan fingerprint density at radius 1 is 0.960 bits per heavy atom. The van der Waals surface area contributed by atoms with Gasteiger partial charge in [0.25, 0.3) is 0 Å². The number of aromatic amines is 1. The molecule has 25 heavy (non-hydrogen) atoms. The highest BCUT2D eigenvalue weighted by atomic mass is 16.5. The van der Waals surface area contributed by atoms with Gasteiger partial charge in [-0.15, -0.1) is 0 Å². The number of nitrogens with one attached hydrogen (secondary N) is 1. The quantitative estimate of drug-likeness (QED) is 0.752. The van der Waals surface area contributed by atoms with E-state index in [1.807, 2.05) is 12.1 Å². The maximum atomic E-state index is 5.46. The molecule has 2 heterocycles. The number of hydrogen-bond donors (Lipinski definition) is 1. The summed E-state index contributed by atoms with van der Waals surface area (Å²) in [6, 6.07) is 14.9. The van der Waals surface area contributed by atoms with E-state index in [-0.39, 0.29) is 6.04 Å². The lowest BCUT2D eigenvalue weighted by Crippen LogP contribution is -2.26. The first kappa shape index (κ1) is 16.0. The van der Waals surface area contributed by atoms with E-state index in [1.165, 1.54) is 29.4 Å². The van der Waals surface area contributed by atoms with Gasteiger partial charge in [0, 0.05) is 17.1 Å². The third-order valence-electron chi connectivity index (χ3n) is 5.13. The Bertz CT molecular complexity index is 865. The highest BCUT2D eigenvalue weighted by molar-refractivity contribution is 5.85. The standard InChI is InChI=1S/C21H24N2O2/c1-24-16-7-5-6-15(12-16)21(23-10-3-4-11-23)19-14-22-20-9-8-17(25-2)13-18(19)20/h5-9,12-14,21-22H,3-4,10-11H2,1-2H3. The molecule has 0 aliphatic carbocycles. The molecule has 0 amide bonds. The van der Waals surface area contributed by atoms with Crippen LogP contribution in [0.25, 0.3) is 10.9 Å². The maximum Gasteiger partial charge on any atom is 0.119 e. The molecule has 1 N–H and O–H groups in total. The van der Waals surface area contributed by atoms with E-state index in [2.05, 4.69) is 46.4 Å². The summed E-state index contributed by atoms with van der Waals surface area (Å²) in [5.41, 5.74) is 3.71. The number of ether oxygens (including phenoxy) is 2. The lowest BCUT2D eigenvalue weighted by molar-refractivity contribution is 0.282. The number of methoxy groups -OCH3 is 2. The summed E-state index contributed by atoms with van der Waals surface area (Å²) >= 11 is 0. The minimum absolute atomic E-state index is 0.221. The number of fused-ring (bicyclic) bond motifs is 1. The van der Waals surface area contributed by atoms with Crippen LogP contribution in [0.5, 0.6) is 11.5 Å². The van der Waals surface area contributed by atoms with E-state index in [0.717, 1.165) is 30.1 Å². The van der Waals surface area contributed by atoms with Crippen LogP contribution < -0.4 is 9.47 Å². The zero-order valence-corrected chi connectivity index (χ0v) is 14.8. The largest absolute Gasteiger partial charge is 0.497 e. The molecule has 0 radical (unpaired) electrons. The molecule has 0 spiro atoms. The third-order valence-corrected chi connectivity index (χ3v) is 5.13. The van der Waals surface area contributed by atoms with Crippen molar-refractivity contribution < 1.29 is 9.47 Å². The van der Waals surface area contributed by atoms with Crippen LogP contribution in [-0.2, 0) is 0 Å². The van der Waals surface area contributed by atoms with Crippen molar-refractivity contribution in [1.29, 1.82) is 0 Å². The topological polar surface area (TPSA) is 37.5 Å². The van der Waals surface area contributed by atoms with E-state index in [9.17, 15) is 0 Å². The molecule has 2 aromatic carbocycles. The highest BCUT2D eigenvalue weighted by Crippen LogP contribution is 2.37. The number of benzene rings is 2. The second-order valence-electron chi connectivity index (χ2n) is 6.58. The van der Waals surface area contributed by atoms with Crippen molar-refractivity contribution in [1.82, 2.24) is 9.88 Å². The maximum absolute atomic E-state index is 5.46. The first-order chi connectivity index (χ1) is 12.3. The summed E-state index contributed by atoms with van der Waals surface area (Å²) in [5, 5.41) is 1.22. The average molecular weight is 336 g/mol.